The van der Waals surface area contributed by atoms with Gasteiger partial charge in [-0.25, -0.2) is 0 Å². The van der Waals surface area contributed by atoms with Crippen molar-refractivity contribution in [2.24, 2.45) is 0 Å². The standard InChI is InChI=1S/C15H24N2O2/c1-3-18-14-4-6-15(7-5-14)19-11-10-17-9-8-16-13(2)12-17/h4-7,13,16H,3,8-12H2,1-2H3/t13-/m0/s1. The molecular formula is C15H24N2O2. The lowest BCUT2D eigenvalue weighted by Crippen LogP contribution is -2.50. The molecule has 2 rings (SSSR count). The van der Waals surface area contributed by atoms with Crippen LogP contribution in [-0.4, -0.2) is 50.3 Å². The highest BCUT2D eigenvalue weighted by Gasteiger charge is 2.14. The first-order chi connectivity index (χ1) is 9.28. The molecule has 0 spiro atoms. The van der Waals surface area contributed by atoms with Crippen LogP contribution in [0.15, 0.2) is 24.3 Å². The fourth-order valence-electron chi connectivity index (χ4n) is 2.31. The number of piperazine rings is 1. The van der Waals surface area contributed by atoms with E-state index in [0.717, 1.165) is 44.3 Å². The summed E-state index contributed by atoms with van der Waals surface area (Å²) in [6.07, 6.45) is 0. The van der Waals surface area contributed by atoms with E-state index in [1.54, 1.807) is 0 Å². The summed E-state index contributed by atoms with van der Waals surface area (Å²) < 4.78 is 11.2. The third-order valence-electron chi connectivity index (χ3n) is 3.26. The Kier molecular flexibility index (Phi) is 5.48. The second-order valence-corrected chi connectivity index (χ2v) is 4.91. The Morgan fingerprint density at radius 3 is 2.53 bits per heavy atom. The zero-order chi connectivity index (χ0) is 13.5. The van der Waals surface area contributed by atoms with E-state index < -0.39 is 0 Å². The summed E-state index contributed by atoms with van der Waals surface area (Å²) in [5, 5.41) is 3.44. The van der Waals surface area contributed by atoms with Gasteiger partial charge in [0.1, 0.15) is 18.1 Å². The average Bonchev–Trinajstić information content (AvgIpc) is 2.41. The van der Waals surface area contributed by atoms with Gasteiger partial charge in [-0.2, -0.15) is 0 Å². The maximum absolute atomic E-state index is 5.76. The summed E-state index contributed by atoms with van der Waals surface area (Å²) in [6, 6.07) is 8.41. The molecule has 106 valence electrons. The predicted octanol–water partition coefficient (Wildman–Crippen LogP) is 1.76. The number of rotatable bonds is 6. The molecule has 1 heterocycles. The summed E-state index contributed by atoms with van der Waals surface area (Å²) in [6.45, 7) is 9.91. The zero-order valence-corrected chi connectivity index (χ0v) is 11.9. The first-order valence-corrected chi connectivity index (χ1v) is 7.09. The van der Waals surface area contributed by atoms with Crippen LogP contribution >= 0.6 is 0 Å². The van der Waals surface area contributed by atoms with Crippen molar-refractivity contribution in [3.05, 3.63) is 24.3 Å². The average molecular weight is 264 g/mol. The number of benzene rings is 1. The van der Waals surface area contributed by atoms with Crippen LogP contribution in [0, 0.1) is 0 Å². The van der Waals surface area contributed by atoms with Crippen LogP contribution in [0.2, 0.25) is 0 Å². The van der Waals surface area contributed by atoms with Gasteiger partial charge in [0.15, 0.2) is 0 Å². The van der Waals surface area contributed by atoms with E-state index in [1.165, 1.54) is 0 Å². The summed E-state index contributed by atoms with van der Waals surface area (Å²) in [7, 11) is 0. The lowest BCUT2D eigenvalue weighted by atomic mass is 10.2. The molecule has 0 radical (unpaired) electrons. The lowest BCUT2D eigenvalue weighted by molar-refractivity contribution is 0.170. The van der Waals surface area contributed by atoms with E-state index in [1.807, 2.05) is 31.2 Å². The van der Waals surface area contributed by atoms with Crippen molar-refractivity contribution >= 4 is 0 Å². The molecule has 1 fully saturated rings. The highest BCUT2D eigenvalue weighted by Crippen LogP contribution is 2.17. The van der Waals surface area contributed by atoms with E-state index in [2.05, 4.69) is 17.1 Å². The van der Waals surface area contributed by atoms with Gasteiger partial charge in [-0.15, -0.1) is 0 Å². The summed E-state index contributed by atoms with van der Waals surface area (Å²) >= 11 is 0. The Morgan fingerprint density at radius 1 is 1.21 bits per heavy atom. The van der Waals surface area contributed by atoms with Crippen LogP contribution in [0.4, 0.5) is 0 Å². The van der Waals surface area contributed by atoms with Crippen LogP contribution in [-0.2, 0) is 0 Å². The van der Waals surface area contributed by atoms with Gasteiger partial charge < -0.3 is 14.8 Å². The molecule has 1 aliphatic heterocycles. The first kappa shape index (κ1) is 14.2. The maximum Gasteiger partial charge on any atom is 0.119 e. The number of nitrogens with zero attached hydrogens (tertiary/aromatic N) is 1. The Morgan fingerprint density at radius 2 is 1.89 bits per heavy atom. The quantitative estimate of drug-likeness (QED) is 0.849. The minimum atomic E-state index is 0.583. The highest BCUT2D eigenvalue weighted by molar-refractivity contribution is 5.31. The van der Waals surface area contributed by atoms with Crippen molar-refractivity contribution in [2.45, 2.75) is 19.9 Å². The van der Waals surface area contributed by atoms with Gasteiger partial charge in [-0.3, -0.25) is 4.90 Å². The van der Waals surface area contributed by atoms with Gasteiger partial charge in [-0.1, -0.05) is 0 Å². The number of nitrogens with one attached hydrogen (secondary N) is 1. The van der Waals surface area contributed by atoms with Crippen LogP contribution in [0.5, 0.6) is 11.5 Å². The third-order valence-corrected chi connectivity index (χ3v) is 3.26. The minimum Gasteiger partial charge on any atom is -0.494 e. The van der Waals surface area contributed by atoms with Gasteiger partial charge in [0, 0.05) is 32.2 Å². The first-order valence-electron chi connectivity index (χ1n) is 7.09. The van der Waals surface area contributed by atoms with Gasteiger partial charge in [0.05, 0.1) is 6.61 Å². The van der Waals surface area contributed by atoms with Crippen molar-refractivity contribution in [3.63, 3.8) is 0 Å². The monoisotopic (exact) mass is 264 g/mol. The molecule has 1 aliphatic rings. The summed E-state index contributed by atoms with van der Waals surface area (Å²) in [4.78, 5) is 2.44. The van der Waals surface area contributed by atoms with E-state index in [4.69, 9.17) is 9.47 Å². The Labute approximate surface area is 115 Å². The van der Waals surface area contributed by atoms with Crippen molar-refractivity contribution in [2.75, 3.05) is 39.4 Å². The zero-order valence-electron chi connectivity index (χ0n) is 11.9. The van der Waals surface area contributed by atoms with Gasteiger partial charge in [-0.05, 0) is 38.1 Å². The third kappa shape index (κ3) is 4.73. The Balaban J connectivity index is 1.70. The SMILES string of the molecule is CCOc1ccc(OCCN2CCN[C@@H](C)C2)cc1. The van der Waals surface area contributed by atoms with E-state index >= 15 is 0 Å². The Bertz CT molecular complexity index is 367. The van der Waals surface area contributed by atoms with E-state index in [0.29, 0.717) is 12.6 Å². The molecule has 0 amide bonds. The smallest absolute Gasteiger partial charge is 0.119 e. The molecule has 0 saturated carbocycles. The molecule has 0 aromatic heterocycles. The van der Waals surface area contributed by atoms with Crippen LogP contribution in [0.3, 0.4) is 0 Å². The van der Waals surface area contributed by atoms with Gasteiger partial charge in [0.2, 0.25) is 0 Å². The van der Waals surface area contributed by atoms with E-state index in [9.17, 15) is 0 Å². The van der Waals surface area contributed by atoms with Crippen molar-refractivity contribution in [1.82, 2.24) is 10.2 Å². The molecule has 0 bridgehead atoms. The molecule has 1 aromatic rings. The molecule has 0 aliphatic carbocycles. The van der Waals surface area contributed by atoms with E-state index in [-0.39, 0.29) is 0 Å². The number of hydrogen-bond donors (Lipinski definition) is 1. The lowest BCUT2D eigenvalue weighted by Gasteiger charge is -2.31. The number of hydrogen-bond acceptors (Lipinski definition) is 4. The molecule has 1 aromatic carbocycles. The fraction of sp³-hybridized carbons (Fsp3) is 0.600. The molecular weight excluding hydrogens is 240 g/mol. The van der Waals surface area contributed by atoms with Gasteiger partial charge in [0.25, 0.3) is 0 Å². The van der Waals surface area contributed by atoms with Crippen LogP contribution in [0.25, 0.3) is 0 Å². The van der Waals surface area contributed by atoms with Gasteiger partial charge >= 0.3 is 0 Å². The molecule has 0 unspecified atom stereocenters. The summed E-state index contributed by atoms with van der Waals surface area (Å²) in [5.41, 5.74) is 0. The topological polar surface area (TPSA) is 33.7 Å². The van der Waals surface area contributed by atoms with Crippen LogP contribution in [0.1, 0.15) is 13.8 Å². The molecule has 4 heteroatoms. The molecule has 4 nitrogen and oxygen atoms in total. The molecule has 19 heavy (non-hydrogen) atoms. The normalized spacial score (nSPS) is 20.2. The second-order valence-electron chi connectivity index (χ2n) is 4.91. The number of ether oxygens (including phenoxy) is 2. The summed E-state index contributed by atoms with van der Waals surface area (Å²) in [5.74, 6) is 1.80. The molecule has 1 saturated heterocycles. The highest BCUT2D eigenvalue weighted by atomic mass is 16.5. The minimum absolute atomic E-state index is 0.583. The van der Waals surface area contributed by atoms with Crippen molar-refractivity contribution in [3.8, 4) is 11.5 Å². The Hall–Kier alpha value is -1.26. The largest absolute Gasteiger partial charge is 0.494 e. The maximum atomic E-state index is 5.76. The predicted molar refractivity (Wildman–Crippen MR) is 77.0 cm³/mol. The molecule has 1 N–H and O–H groups in total. The second kappa shape index (κ2) is 7.36. The molecule has 1 atom stereocenters. The van der Waals surface area contributed by atoms with Crippen molar-refractivity contribution < 1.29 is 9.47 Å². The van der Waals surface area contributed by atoms with Crippen molar-refractivity contribution in [1.29, 1.82) is 0 Å². The van der Waals surface area contributed by atoms with Crippen LogP contribution < -0.4 is 14.8 Å². The fourth-order valence-corrected chi connectivity index (χ4v) is 2.31.